The number of piperazine rings is 1. The predicted octanol–water partition coefficient (Wildman–Crippen LogP) is 3.65. The Labute approximate surface area is 179 Å². The molecule has 1 aromatic carbocycles. The van der Waals surface area contributed by atoms with Gasteiger partial charge in [0.25, 0.3) is 5.91 Å². The number of aryl methyl sites for hydroxylation is 1. The van der Waals surface area contributed by atoms with E-state index in [4.69, 9.17) is 4.98 Å². The minimum atomic E-state index is 0.0940. The quantitative estimate of drug-likeness (QED) is 0.777. The highest BCUT2D eigenvalue weighted by molar-refractivity contribution is 5.94. The summed E-state index contributed by atoms with van der Waals surface area (Å²) in [6.07, 6.45) is 2.42. The van der Waals surface area contributed by atoms with Crippen LogP contribution in [0.3, 0.4) is 0 Å². The fourth-order valence-corrected chi connectivity index (χ4v) is 4.19. The summed E-state index contributed by atoms with van der Waals surface area (Å²) in [7, 11) is 0. The maximum absolute atomic E-state index is 13.0. The maximum atomic E-state index is 13.0. The first-order valence-corrected chi connectivity index (χ1v) is 11.1. The Morgan fingerprint density at radius 2 is 1.50 bits per heavy atom. The van der Waals surface area contributed by atoms with Gasteiger partial charge in [-0.25, -0.2) is 4.98 Å². The van der Waals surface area contributed by atoms with Gasteiger partial charge in [-0.3, -0.25) is 4.79 Å². The second kappa shape index (κ2) is 8.25. The van der Waals surface area contributed by atoms with E-state index in [1.807, 2.05) is 24.0 Å². The molecule has 3 heterocycles. The zero-order chi connectivity index (χ0) is 21.3. The molecule has 1 aromatic heterocycles. The number of anilines is 2. The number of aromatic nitrogens is 2. The van der Waals surface area contributed by atoms with Crippen molar-refractivity contribution in [2.45, 2.75) is 46.0 Å². The van der Waals surface area contributed by atoms with Gasteiger partial charge < -0.3 is 14.7 Å². The summed E-state index contributed by atoms with van der Waals surface area (Å²) in [6, 6.07) is 10.1. The van der Waals surface area contributed by atoms with E-state index < -0.39 is 0 Å². The first kappa shape index (κ1) is 20.6. The van der Waals surface area contributed by atoms with E-state index in [-0.39, 0.29) is 11.3 Å². The predicted molar refractivity (Wildman–Crippen MR) is 121 cm³/mol. The summed E-state index contributed by atoms with van der Waals surface area (Å²) in [6.45, 7) is 13.7. The lowest BCUT2D eigenvalue weighted by Crippen LogP contribution is -2.49. The van der Waals surface area contributed by atoms with Crippen molar-refractivity contribution in [3.05, 3.63) is 47.2 Å². The molecule has 6 heteroatoms. The minimum absolute atomic E-state index is 0.0940. The first-order valence-electron chi connectivity index (χ1n) is 11.1. The lowest BCUT2D eigenvalue weighted by Gasteiger charge is -2.36. The van der Waals surface area contributed by atoms with Crippen molar-refractivity contribution in [3.8, 4) is 0 Å². The minimum Gasteiger partial charge on any atom is -0.353 e. The summed E-state index contributed by atoms with van der Waals surface area (Å²) < 4.78 is 0. The van der Waals surface area contributed by atoms with E-state index >= 15 is 0 Å². The fourth-order valence-electron chi connectivity index (χ4n) is 4.19. The molecule has 160 valence electrons. The molecule has 0 aliphatic carbocycles. The third kappa shape index (κ3) is 4.42. The Morgan fingerprint density at radius 3 is 2.10 bits per heavy atom. The topological polar surface area (TPSA) is 52.6 Å². The molecular weight excluding hydrogens is 374 g/mol. The Kier molecular flexibility index (Phi) is 5.67. The van der Waals surface area contributed by atoms with Crippen molar-refractivity contribution in [2.24, 2.45) is 0 Å². The van der Waals surface area contributed by atoms with Crippen molar-refractivity contribution in [1.29, 1.82) is 0 Å². The number of hydrogen-bond donors (Lipinski definition) is 0. The Balaban J connectivity index is 1.41. The van der Waals surface area contributed by atoms with Crippen LogP contribution in [0.2, 0.25) is 0 Å². The van der Waals surface area contributed by atoms with Gasteiger partial charge in [-0.05, 0) is 42.9 Å². The number of nitrogens with zero attached hydrogens (tertiary/aromatic N) is 5. The Hall–Kier alpha value is -2.63. The zero-order valence-electron chi connectivity index (χ0n) is 18.7. The molecule has 0 radical (unpaired) electrons. The van der Waals surface area contributed by atoms with E-state index in [9.17, 15) is 4.79 Å². The monoisotopic (exact) mass is 407 g/mol. The molecule has 6 nitrogen and oxygen atoms in total. The van der Waals surface area contributed by atoms with Crippen LogP contribution in [-0.2, 0) is 5.41 Å². The molecule has 2 aliphatic rings. The number of rotatable bonds is 3. The van der Waals surface area contributed by atoms with Crippen LogP contribution in [0.15, 0.2) is 30.3 Å². The smallest absolute Gasteiger partial charge is 0.253 e. The SMILES string of the molecule is Cc1cc(N2CCN(C(=O)c3ccc(C(C)(C)C)cc3)CC2)nc(N2CCCC2)n1. The van der Waals surface area contributed by atoms with E-state index in [0.717, 1.165) is 49.2 Å². The van der Waals surface area contributed by atoms with Crippen LogP contribution in [0.1, 0.15) is 55.2 Å². The van der Waals surface area contributed by atoms with Gasteiger partial charge in [0.05, 0.1) is 0 Å². The van der Waals surface area contributed by atoms with Gasteiger partial charge in [-0.1, -0.05) is 32.9 Å². The molecule has 2 fully saturated rings. The zero-order valence-corrected chi connectivity index (χ0v) is 18.7. The van der Waals surface area contributed by atoms with Crippen molar-refractivity contribution in [3.63, 3.8) is 0 Å². The van der Waals surface area contributed by atoms with Crippen LogP contribution >= 0.6 is 0 Å². The molecule has 0 bridgehead atoms. The van der Waals surface area contributed by atoms with Crippen LogP contribution in [0.5, 0.6) is 0 Å². The van der Waals surface area contributed by atoms with Gasteiger partial charge in [0, 0.05) is 56.6 Å². The van der Waals surface area contributed by atoms with E-state index in [1.165, 1.54) is 18.4 Å². The fraction of sp³-hybridized carbons (Fsp3) is 0.542. The molecule has 0 unspecified atom stereocenters. The Bertz CT molecular complexity index is 889. The number of carbonyl (C=O) groups excluding carboxylic acids is 1. The van der Waals surface area contributed by atoms with Gasteiger partial charge in [0.1, 0.15) is 5.82 Å². The lowest BCUT2D eigenvalue weighted by atomic mass is 9.86. The summed E-state index contributed by atoms with van der Waals surface area (Å²) in [4.78, 5) is 29.0. The lowest BCUT2D eigenvalue weighted by molar-refractivity contribution is 0.0746. The average Bonchev–Trinajstić information content (AvgIpc) is 3.27. The third-order valence-electron chi connectivity index (χ3n) is 6.11. The van der Waals surface area contributed by atoms with Crippen LogP contribution in [-0.4, -0.2) is 60.0 Å². The third-order valence-corrected chi connectivity index (χ3v) is 6.11. The number of benzene rings is 1. The van der Waals surface area contributed by atoms with Gasteiger partial charge in [-0.2, -0.15) is 4.98 Å². The molecule has 1 amide bonds. The summed E-state index contributed by atoms with van der Waals surface area (Å²) in [5.41, 5.74) is 3.11. The molecule has 0 N–H and O–H groups in total. The highest BCUT2D eigenvalue weighted by atomic mass is 16.2. The molecule has 0 saturated carbocycles. The van der Waals surface area contributed by atoms with Crippen LogP contribution in [0.4, 0.5) is 11.8 Å². The summed E-state index contributed by atoms with van der Waals surface area (Å²) in [5.74, 6) is 1.94. The molecule has 4 rings (SSSR count). The number of amides is 1. The first-order chi connectivity index (χ1) is 14.3. The molecule has 2 aliphatic heterocycles. The van der Waals surface area contributed by atoms with Gasteiger partial charge in [-0.15, -0.1) is 0 Å². The highest BCUT2D eigenvalue weighted by Crippen LogP contribution is 2.24. The highest BCUT2D eigenvalue weighted by Gasteiger charge is 2.25. The maximum Gasteiger partial charge on any atom is 0.253 e. The molecule has 30 heavy (non-hydrogen) atoms. The van der Waals surface area contributed by atoms with Gasteiger partial charge in [0.15, 0.2) is 0 Å². The van der Waals surface area contributed by atoms with Crippen molar-refractivity contribution < 1.29 is 4.79 Å². The second-order valence-electron chi connectivity index (χ2n) is 9.47. The molecule has 0 spiro atoms. The number of carbonyl (C=O) groups is 1. The van der Waals surface area contributed by atoms with Gasteiger partial charge in [0.2, 0.25) is 5.95 Å². The van der Waals surface area contributed by atoms with Crippen LogP contribution < -0.4 is 9.80 Å². The van der Waals surface area contributed by atoms with Crippen molar-refractivity contribution >= 4 is 17.7 Å². The molecular formula is C24H33N5O. The van der Waals surface area contributed by atoms with Crippen LogP contribution in [0.25, 0.3) is 0 Å². The molecule has 2 aromatic rings. The standard InChI is InChI=1S/C24H33N5O/c1-18-17-21(26-23(25-18)29-11-5-6-12-29)27-13-15-28(16-14-27)22(30)19-7-9-20(10-8-19)24(2,3)4/h7-10,17H,5-6,11-16H2,1-4H3. The van der Waals surface area contributed by atoms with Crippen molar-refractivity contribution in [2.75, 3.05) is 49.1 Å². The van der Waals surface area contributed by atoms with E-state index in [0.29, 0.717) is 13.1 Å². The van der Waals surface area contributed by atoms with Crippen LogP contribution in [0, 0.1) is 6.92 Å². The summed E-state index contributed by atoms with van der Waals surface area (Å²) in [5, 5.41) is 0. The normalized spacial score (nSPS) is 17.5. The van der Waals surface area contributed by atoms with E-state index in [1.54, 1.807) is 0 Å². The van der Waals surface area contributed by atoms with E-state index in [2.05, 4.69) is 53.8 Å². The number of hydrogen-bond acceptors (Lipinski definition) is 5. The largest absolute Gasteiger partial charge is 0.353 e. The van der Waals surface area contributed by atoms with Crippen molar-refractivity contribution in [1.82, 2.24) is 14.9 Å². The molecule has 2 saturated heterocycles. The average molecular weight is 408 g/mol. The molecule has 0 atom stereocenters. The Morgan fingerprint density at radius 1 is 0.867 bits per heavy atom. The van der Waals surface area contributed by atoms with Gasteiger partial charge >= 0.3 is 0 Å². The summed E-state index contributed by atoms with van der Waals surface area (Å²) >= 11 is 0. The second-order valence-corrected chi connectivity index (χ2v) is 9.47.